The minimum Gasteiger partial charge on any atom is -0.337 e. The number of hydrogen-bond acceptors (Lipinski definition) is 3. The Kier molecular flexibility index (Phi) is 2.85. The Morgan fingerprint density at radius 3 is 2.22 bits per heavy atom. The number of aromatic nitrogens is 4. The first kappa shape index (κ1) is 14.4. The third-order valence-electron chi connectivity index (χ3n) is 5.09. The molecule has 6 aromatic rings. The van der Waals surface area contributed by atoms with Gasteiger partial charge in [-0.3, -0.25) is 9.97 Å². The third kappa shape index (κ3) is 2.07. The monoisotopic (exact) mass is 346 g/mol. The largest absolute Gasteiger partial charge is 0.337 e. The standard InChI is InChI=1S/C23H14N4/c1-2-6-15-13-16(10-9-14(15)5-1)23-26-21-17-7-3-11-24-19(17)20-18(22(21)27-23)8-4-12-25-20/h1-13H,(H,26,27). The fourth-order valence-corrected chi connectivity index (χ4v) is 3.82. The summed E-state index contributed by atoms with van der Waals surface area (Å²) in [5.74, 6) is 0.859. The van der Waals surface area contributed by atoms with Crippen molar-refractivity contribution >= 4 is 43.6 Å². The van der Waals surface area contributed by atoms with Gasteiger partial charge in [0.1, 0.15) is 5.82 Å². The highest BCUT2D eigenvalue weighted by Gasteiger charge is 2.15. The fraction of sp³-hybridized carbons (Fsp3) is 0. The summed E-state index contributed by atoms with van der Waals surface area (Å²) >= 11 is 0. The van der Waals surface area contributed by atoms with Crippen LogP contribution in [0.5, 0.6) is 0 Å². The highest BCUT2D eigenvalue weighted by Crippen LogP contribution is 2.33. The number of benzene rings is 3. The number of pyridine rings is 2. The van der Waals surface area contributed by atoms with Crippen molar-refractivity contribution in [3.05, 3.63) is 79.1 Å². The van der Waals surface area contributed by atoms with Crippen LogP contribution in [0.4, 0.5) is 0 Å². The Balaban J connectivity index is 1.72. The maximum absolute atomic E-state index is 4.94. The van der Waals surface area contributed by atoms with Crippen molar-refractivity contribution in [3.8, 4) is 11.4 Å². The molecule has 0 radical (unpaired) electrons. The summed E-state index contributed by atoms with van der Waals surface area (Å²) in [5.41, 5.74) is 4.79. The first-order chi connectivity index (χ1) is 13.4. The van der Waals surface area contributed by atoms with Crippen molar-refractivity contribution in [3.63, 3.8) is 0 Å². The van der Waals surface area contributed by atoms with Gasteiger partial charge in [0.15, 0.2) is 0 Å². The second-order valence-electron chi connectivity index (χ2n) is 6.67. The fourth-order valence-electron chi connectivity index (χ4n) is 3.82. The van der Waals surface area contributed by atoms with Crippen LogP contribution in [0.15, 0.2) is 79.1 Å². The molecule has 0 unspecified atom stereocenters. The van der Waals surface area contributed by atoms with E-state index in [1.165, 1.54) is 10.8 Å². The molecular formula is C23H14N4. The van der Waals surface area contributed by atoms with Gasteiger partial charge < -0.3 is 4.98 Å². The van der Waals surface area contributed by atoms with Crippen molar-refractivity contribution in [1.29, 1.82) is 0 Å². The Morgan fingerprint density at radius 1 is 0.630 bits per heavy atom. The maximum atomic E-state index is 4.94. The molecule has 3 aromatic heterocycles. The van der Waals surface area contributed by atoms with Crippen LogP contribution in [0.1, 0.15) is 0 Å². The van der Waals surface area contributed by atoms with Gasteiger partial charge >= 0.3 is 0 Å². The van der Waals surface area contributed by atoms with Crippen molar-refractivity contribution in [1.82, 2.24) is 19.9 Å². The quantitative estimate of drug-likeness (QED) is 0.401. The van der Waals surface area contributed by atoms with Gasteiger partial charge in [0.05, 0.1) is 22.1 Å². The van der Waals surface area contributed by atoms with Crippen molar-refractivity contribution in [2.24, 2.45) is 0 Å². The van der Waals surface area contributed by atoms with E-state index in [0.29, 0.717) is 0 Å². The van der Waals surface area contributed by atoms with E-state index in [2.05, 4.69) is 69.5 Å². The van der Waals surface area contributed by atoms with Crippen LogP contribution < -0.4 is 0 Å². The van der Waals surface area contributed by atoms with Crippen molar-refractivity contribution < 1.29 is 0 Å². The lowest BCUT2D eigenvalue weighted by Gasteiger charge is -2.03. The first-order valence-corrected chi connectivity index (χ1v) is 8.89. The molecule has 0 aliphatic heterocycles. The second kappa shape index (κ2) is 5.35. The van der Waals surface area contributed by atoms with Gasteiger partial charge in [-0.1, -0.05) is 36.4 Å². The highest BCUT2D eigenvalue weighted by molar-refractivity contribution is 6.21. The number of hydrogen-bond donors (Lipinski definition) is 1. The van der Waals surface area contributed by atoms with Gasteiger partial charge in [0.2, 0.25) is 0 Å². The summed E-state index contributed by atoms with van der Waals surface area (Å²) in [4.78, 5) is 17.6. The van der Waals surface area contributed by atoms with Gasteiger partial charge in [-0.25, -0.2) is 4.98 Å². The Hall–Kier alpha value is -3.79. The van der Waals surface area contributed by atoms with Crippen LogP contribution in [-0.2, 0) is 0 Å². The number of H-pyrrole nitrogens is 1. The molecule has 4 nitrogen and oxygen atoms in total. The van der Waals surface area contributed by atoms with Crippen LogP contribution in [0.25, 0.3) is 55.0 Å². The number of aromatic amines is 1. The van der Waals surface area contributed by atoms with E-state index >= 15 is 0 Å². The Bertz CT molecular complexity index is 1410. The number of rotatable bonds is 1. The summed E-state index contributed by atoms with van der Waals surface area (Å²) in [5, 5.41) is 4.48. The van der Waals surface area contributed by atoms with Crippen LogP contribution in [0.3, 0.4) is 0 Å². The average Bonchev–Trinajstić information content (AvgIpc) is 3.20. The molecule has 0 saturated heterocycles. The molecule has 0 saturated carbocycles. The predicted octanol–water partition coefficient (Wildman–Crippen LogP) is 5.48. The molecule has 3 heterocycles. The molecule has 0 amide bonds. The summed E-state index contributed by atoms with van der Waals surface area (Å²) in [6, 6.07) is 22.8. The lowest BCUT2D eigenvalue weighted by atomic mass is 10.1. The molecule has 4 heteroatoms. The van der Waals surface area contributed by atoms with E-state index in [9.17, 15) is 0 Å². The number of nitrogens with one attached hydrogen (secondary N) is 1. The molecule has 27 heavy (non-hydrogen) atoms. The molecule has 0 fully saturated rings. The van der Waals surface area contributed by atoms with E-state index < -0.39 is 0 Å². The van der Waals surface area contributed by atoms with E-state index in [1.54, 1.807) is 6.20 Å². The molecule has 0 spiro atoms. The van der Waals surface area contributed by atoms with Crippen LogP contribution in [0, 0.1) is 0 Å². The minimum atomic E-state index is 0.859. The Labute approximate surface area is 154 Å². The van der Waals surface area contributed by atoms with Crippen LogP contribution >= 0.6 is 0 Å². The van der Waals surface area contributed by atoms with Gasteiger partial charge in [0, 0.05) is 28.7 Å². The minimum absolute atomic E-state index is 0.859. The van der Waals surface area contributed by atoms with E-state index in [-0.39, 0.29) is 0 Å². The third-order valence-corrected chi connectivity index (χ3v) is 5.09. The van der Waals surface area contributed by atoms with E-state index in [4.69, 9.17) is 4.98 Å². The lowest BCUT2D eigenvalue weighted by molar-refractivity contribution is 1.34. The van der Waals surface area contributed by atoms with E-state index in [0.717, 1.165) is 44.2 Å². The first-order valence-electron chi connectivity index (χ1n) is 8.89. The molecule has 1 N–H and O–H groups in total. The molecule has 0 atom stereocenters. The number of fused-ring (bicyclic) bond motifs is 7. The van der Waals surface area contributed by atoms with Gasteiger partial charge in [-0.15, -0.1) is 0 Å². The molecule has 0 bridgehead atoms. The van der Waals surface area contributed by atoms with Gasteiger partial charge in [-0.05, 0) is 41.1 Å². The molecule has 0 aliphatic rings. The topological polar surface area (TPSA) is 54.5 Å². The number of imidazole rings is 1. The molecule has 126 valence electrons. The van der Waals surface area contributed by atoms with Crippen LogP contribution in [-0.4, -0.2) is 19.9 Å². The predicted molar refractivity (Wildman–Crippen MR) is 110 cm³/mol. The highest BCUT2D eigenvalue weighted by atomic mass is 14.9. The zero-order chi connectivity index (χ0) is 17.8. The summed E-state index contributed by atoms with van der Waals surface area (Å²) in [6.45, 7) is 0. The number of nitrogens with zero attached hydrogens (tertiary/aromatic N) is 3. The van der Waals surface area contributed by atoms with Crippen LogP contribution in [0.2, 0.25) is 0 Å². The zero-order valence-electron chi connectivity index (χ0n) is 14.3. The SMILES string of the molecule is c1ccc2cc(-c3nc4c5cccnc5c5ncccc5c4[nH]3)ccc2c1. The molecule has 3 aromatic carbocycles. The molecule has 0 aliphatic carbocycles. The second-order valence-corrected chi connectivity index (χ2v) is 6.67. The van der Waals surface area contributed by atoms with Gasteiger partial charge in [0.25, 0.3) is 0 Å². The maximum Gasteiger partial charge on any atom is 0.138 e. The average molecular weight is 346 g/mol. The van der Waals surface area contributed by atoms with Gasteiger partial charge in [-0.2, -0.15) is 0 Å². The summed E-state index contributed by atoms with van der Waals surface area (Å²) in [7, 11) is 0. The lowest BCUT2D eigenvalue weighted by Crippen LogP contribution is -1.86. The Morgan fingerprint density at radius 2 is 1.37 bits per heavy atom. The summed E-state index contributed by atoms with van der Waals surface area (Å²) < 4.78 is 0. The summed E-state index contributed by atoms with van der Waals surface area (Å²) in [6.07, 6.45) is 3.61. The van der Waals surface area contributed by atoms with E-state index in [1.807, 2.05) is 18.3 Å². The molecule has 6 rings (SSSR count). The zero-order valence-corrected chi connectivity index (χ0v) is 14.3. The smallest absolute Gasteiger partial charge is 0.138 e. The normalized spacial score (nSPS) is 11.7. The molecular weight excluding hydrogens is 332 g/mol. The van der Waals surface area contributed by atoms with Crippen molar-refractivity contribution in [2.45, 2.75) is 0 Å². The van der Waals surface area contributed by atoms with Crippen molar-refractivity contribution in [2.75, 3.05) is 0 Å².